The van der Waals surface area contributed by atoms with Gasteiger partial charge in [-0.15, -0.1) is 0 Å². The minimum absolute atomic E-state index is 0.129. The van der Waals surface area contributed by atoms with E-state index in [1.807, 2.05) is 62.4 Å². The van der Waals surface area contributed by atoms with Gasteiger partial charge < -0.3 is 9.84 Å². The van der Waals surface area contributed by atoms with E-state index in [1.165, 1.54) is 0 Å². The SMILES string of the molecule is Cc1cccc(C(COc2ccccc2C)C(=O)O)c1. The van der Waals surface area contributed by atoms with Crippen LogP contribution in [0, 0.1) is 13.8 Å². The Labute approximate surface area is 118 Å². The normalized spacial score (nSPS) is 11.9. The quantitative estimate of drug-likeness (QED) is 0.903. The standard InChI is InChI=1S/C17H18O3/c1-12-6-5-8-14(10-12)15(17(18)19)11-20-16-9-4-3-7-13(16)2/h3-10,15H,11H2,1-2H3,(H,18,19). The smallest absolute Gasteiger partial charge is 0.314 e. The van der Waals surface area contributed by atoms with E-state index in [4.69, 9.17) is 4.74 Å². The molecule has 0 radical (unpaired) electrons. The molecule has 3 heteroatoms. The minimum Gasteiger partial charge on any atom is -0.492 e. The zero-order valence-corrected chi connectivity index (χ0v) is 11.7. The van der Waals surface area contributed by atoms with E-state index in [1.54, 1.807) is 0 Å². The Hall–Kier alpha value is -2.29. The summed E-state index contributed by atoms with van der Waals surface area (Å²) >= 11 is 0. The van der Waals surface area contributed by atoms with Gasteiger partial charge in [0.1, 0.15) is 18.3 Å². The van der Waals surface area contributed by atoms with Crippen LogP contribution in [0.4, 0.5) is 0 Å². The zero-order chi connectivity index (χ0) is 14.5. The predicted octanol–water partition coefficient (Wildman–Crippen LogP) is 3.55. The first-order valence-electron chi connectivity index (χ1n) is 6.55. The van der Waals surface area contributed by atoms with Crippen molar-refractivity contribution in [3.8, 4) is 5.75 Å². The number of hydrogen-bond acceptors (Lipinski definition) is 2. The van der Waals surface area contributed by atoms with Gasteiger partial charge in [-0.3, -0.25) is 4.79 Å². The lowest BCUT2D eigenvalue weighted by Gasteiger charge is -2.15. The molecule has 0 heterocycles. The average molecular weight is 270 g/mol. The summed E-state index contributed by atoms with van der Waals surface area (Å²) in [5, 5.41) is 9.38. The number of carboxylic acid groups (broad SMARTS) is 1. The summed E-state index contributed by atoms with van der Waals surface area (Å²) in [7, 11) is 0. The number of carbonyl (C=O) groups is 1. The Balaban J connectivity index is 2.15. The molecule has 0 fully saturated rings. The fourth-order valence-corrected chi connectivity index (χ4v) is 2.09. The van der Waals surface area contributed by atoms with E-state index >= 15 is 0 Å². The Bertz CT molecular complexity index is 605. The first-order valence-corrected chi connectivity index (χ1v) is 6.55. The molecule has 0 saturated carbocycles. The Kier molecular flexibility index (Phi) is 4.41. The molecular weight excluding hydrogens is 252 g/mol. The third-order valence-corrected chi connectivity index (χ3v) is 3.24. The summed E-state index contributed by atoms with van der Waals surface area (Å²) in [5.74, 6) is -0.801. The van der Waals surface area contributed by atoms with Gasteiger partial charge >= 0.3 is 5.97 Å². The zero-order valence-electron chi connectivity index (χ0n) is 11.7. The predicted molar refractivity (Wildman–Crippen MR) is 78.2 cm³/mol. The van der Waals surface area contributed by atoms with Crippen molar-refractivity contribution in [1.82, 2.24) is 0 Å². The summed E-state index contributed by atoms with van der Waals surface area (Å²) in [6.07, 6.45) is 0. The highest BCUT2D eigenvalue weighted by molar-refractivity contribution is 5.76. The van der Waals surface area contributed by atoms with Crippen LogP contribution in [-0.4, -0.2) is 17.7 Å². The van der Waals surface area contributed by atoms with Gasteiger partial charge in [0.05, 0.1) is 0 Å². The topological polar surface area (TPSA) is 46.5 Å². The summed E-state index contributed by atoms with van der Waals surface area (Å²) in [6.45, 7) is 4.02. The van der Waals surface area contributed by atoms with Crippen LogP contribution in [0.5, 0.6) is 5.75 Å². The highest BCUT2D eigenvalue weighted by Crippen LogP contribution is 2.22. The van der Waals surface area contributed by atoms with E-state index in [0.29, 0.717) is 0 Å². The number of benzene rings is 2. The monoisotopic (exact) mass is 270 g/mol. The third-order valence-electron chi connectivity index (χ3n) is 3.24. The molecule has 0 spiro atoms. The van der Waals surface area contributed by atoms with Crippen LogP contribution in [0.1, 0.15) is 22.6 Å². The molecule has 1 unspecified atom stereocenters. The van der Waals surface area contributed by atoms with Gasteiger partial charge in [-0.25, -0.2) is 0 Å². The number of rotatable bonds is 5. The first kappa shape index (κ1) is 14.1. The van der Waals surface area contributed by atoms with Crippen LogP contribution in [-0.2, 0) is 4.79 Å². The number of carboxylic acids is 1. The molecule has 0 bridgehead atoms. The van der Waals surface area contributed by atoms with E-state index in [0.717, 1.165) is 22.4 Å². The molecule has 0 amide bonds. The molecule has 2 aromatic rings. The maximum Gasteiger partial charge on any atom is 0.314 e. The third kappa shape index (κ3) is 3.38. The van der Waals surface area contributed by atoms with E-state index in [9.17, 15) is 9.90 Å². The molecule has 20 heavy (non-hydrogen) atoms. The van der Waals surface area contributed by atoms with Crippen LogP contribution in [0.2, 0.25) is 0 Å². The van der Waals surface area contributed by atoms with Crippen LogP contribution < -0.4 is 4.74 Å². The number of para-hydroxylation sites is 1. The van der Waals surface area contributed by atoms with Gasteiger partial charge in [-0.05, 0) is 31.0 Å². The lowest BCUT2D eigenvalue weighted by Crippen LogP contribution is -2.19. The number of hydrogen-bond donors (Lipinski definition) is 1. The van der Waals surface area contributed by atoms with Crippen LogP contribution in [0.25, 0.3) is 0 Å². The van der Waals surface area contributed by atoms with Crippen LogP contribution >= 0.6 is 0 Å². The van der Waals surface area contributed by atoms with E-state index in [2.05, 4.69) is 0 Å². The van der Waals surface area contributed by atoms with E-state index in [-0.39, 0.29) is 6.61 Å². The molecule has 0 aliphatic carbocycles. The van der Waals surface area contributed by atoms with Crippen LogP contribution in [0.3, 0.4) is 0 Å². The second-order valence-electron chi connectivity index (χ2n) is 4.88. The van der Waals surface area contributed by atoms with Gasteiger partial charge in [-0.2, -0.15) is 0 Å². The summed E-state index contributed by atoms with van der Waals surface area (Å²) in [4.78, 5) is 11.4. The van der Waals surface area contributed by atoms with Crippen molar-refractivity contribution >= 4 is 5.97 Å². The van der Waals surface area contributed by atoms with Crippen molar-refractivity contribution in [2.75, 3.05) is 6.61 Å². The van der Waals surface area contributed by atoms with Crippen molar-refractivity contribution < 1.29 is 14.6 Å². The number of ether oxygens (including phenoxy) is 1. The summed E-state index contributed by atoms with van der Waals surface area (Å²) in [6, 6.07) is 15.1. The largest absolute Gasteiger partial charge is 0.492 e. The lowest BCUT2D eigenvalue weighted by molar-refractivity contribution is -0.139. The highest BCUT2D eigenvalue weighted by atomic mass is 16.5. The van der Waals surface area contributed by atoms with Gasteiger partial charge in [0, 0.05) is 0 Å². The number of aliphatic carboxylic acids is 1. The second kappa shape index (κ2) is 6.24. The van der Waals surface area contributed by atoms with Crippen LogP contribution in [0.15, 0.2) is 48.5 Å². The van der Waals surface area contributed by atoms with Gasteiger partial charge in [0.2, 0.25) is 0 Å². The van der Waals surface area contributed by atoms with Crippen molar-refractivity contribution in [2.45, 2.75) is 19.8 Å². The maximum atomic E-state index is 11.4. The van der Waals surface area contributed by atoms with Crippen molar-refractivity contribution in [1.29, 1.82) is 0 Å². The Morgan fingerprint density at radius 2 is 1.90 bits per heavy atom. The molecule has 0 aliphatic heterocycles. The second-order valence-corrected chi connectivity index (χ2v) is 4.88. The Morgan fingerprint density at radius 1 is 1.15 bits per heavy atom. The lowest BCUT2D eigenvalue weighted by atomic mass is 9.98. The first-order chi connectivity index (χ1) is 9.58. The maximum absolute atomic E-state index is 11.4. The van der Waals surface area contributed by atoms with E-state index < -0.39 is 11.9 Å². The molecular formula is C17H18O3. The minimum atomic E-state index is -0.871. The molecule has 3 nitrogen and oxygen atoms in total. The highest BCUT2D eigenvalue weighted by Gasteiger charge is 2.21. The fraction of sp³-hybridized carbons (Fsp3) is 0.235. The molecule has 0 saturated heterocycles. The molecule has 2 aromatic carbocycles. The van der Waals surface area contributed by atoms with Crippen molar-refractivity contribution in [3.05, 3.63) is 65.2 Å². The average Bonchev–Trinajstić information content (AvgIpc) is 2.41. The molecule has 2 rings (SSSR count). The summed E-state index contributed by atoms with van der Waals surface area (Å²) < 4.78 is 5.67. The van der Waals surface area contributed by atoms with Gasteiger partial charge in [0.25, 0.3) is 0 Å². The van der Waals surface area contributed by atoms with Crippen molar-refractivity contribution in [2.24, 2.45) is 0 Å². The Morgan fingerprint density at radius 3 is 2.55 bits per heavy atom. The molecule has 1 N–H and O–H groups in total. The molecule has 104 valence electrons. The fourth-order valence-electron chi connectivity index (χ4n) is 2.09. The number of aryl methyl sites for hydroxylation is 2. The van der Waals surface area contributed by atoms with Gasteiger partial charge in [0.15, 0.2) is 0 Å². The molecule has 1 atom stereocenters. The molecule has 0 aromatic heterocycles. The summed E-state index contributed by atoms with van der Waals surface area (Å²) in [5.41, 5.74) is 2.82. The molecule has 0 aliphatic rings. The van der Waals surface area contributed by atoms with Gasteiger partial charge in [-0.1, -0.05) is 48.0 Å². The van der Waals surface area contributed by atoms with Crippen molar-refractivity contribution in [3.63, 3.8) is 0 Å².